The van der Waals surface area contributed by atoms with Crippen LogP contribution in [0.3, 0.4) is 0 Å². The highest BCUT2D eigenvalue weighted by molar-refractivity contribution is 9.09. The maximum atomic E-state index is 11.4. The molecule has 0 aromatic carbocycles. The van der Waals surface area contributed by atoms with Gasteiger partial charge >= 0.3 is 11.4 Å². The third kappa shape index (κ3) is 3.13. The molecule has 1 atom stereocenters. The first-order valence-corrected chi connectivity index (χ1v) is 5.97. The zero-order valence-corrected chi connectivity index (χ0v) is 10.4. The number of aromatic nitrogens is 2. The summed E-state index contributed by atoms with van der Waals surface area (Å²) in [5.74, 6) is 0.265. The van der Waals surface area contributed by atoms with Gasteiger partial charge in [-0.25, -0.2) is 4.79 Å². The lowest BCUT2D eigenvalue weighted by molar-refractivity contribution is -0.385. The molecule has 6 nitrogen and oxygen atoms in total. The van der Waals surface area contributed by atoms with Crippen molar-refractivity contribution in [1.29, 1.82) is 0 Å². The average Bonchev–Trinajstić information content (AvgIpc) is 2.27. The second-order valence-electron chi connectivity index (χ2n) is 3.43. The first kappa shape index (κ1) is 12.8. The van der Waals surface area contributed by atoms with Gasteiger partial charge in [0.25, 0.3) is 0 Å². The monoisotopic (exact) mass is 289 g/mol. The smallest absolute Gasteiger partial charge is 0.292 e. The second-order valence-corrected chi connectivity index (χ2v) is 4.08. The van der Waals surface area contributed by atoms with E-state index in [0.29, 0.717) is 6.54 Å². The zero-order chi connectivity index (χ0) is 12.1. The Labute approximate surface area is 101 Å². The molecule has 1 aromatic heterocycles. The Balaban J connectivity index is 2.98. The van der Waals surface area contributed by atoms with E-state index in [4.69, 9.17) is 0 Å². The van der Waals surface area contributed by atoms with Gasteiger partial charge in [-0.15, -0.1) is 0 Å². The highest BCUT2D eigenvalue weighted by Crippen LogP contribution is 2.11. The lowest BCUT2D eigenvalue weighted by atomic mass is 10.1. The molecular weight excluding hydrogens is 278 g/mol. The molecule has 7 heteroatoms. The predicted molar refractivity (Wildman–Crippen MR) is 62.7 cm³/mol. The molecule has 0 saturated carbocycles. The number of hydrogen-bond donors (Lipinski definition) is 0. The molecule has 0 amide bonds. The van der Waals surface area contributed by atoms with Crippen LogP contribution < -0.4 is 5.69 Å². The Morgan fingerprint density at radius 3 is 2.88 bits per heavy atom. The van der Waals surface area contributed by atoms with Crippen LogP contribution in [0.4, 0.5) is 5.69 Å². The summed E-state index contributed by atoms with van der Waals surface area (Å²) in [7, 11) is 0. The van der Waals surface area contributed by atoms with Crippen LogP contribution in [-0.4, -0.2) is 19.8 Å². The van der Waals surface area contributed by atoms with E-state index in [1.54, 1.807) is 0 Å². The molecule has 0 spiro atoms. The molecule has 88 valence electrons. The number of alkyl halides is 1. The maximum Gasteiger partial charge on any atom is 0.347 e. The largest absolute Gasteiger partial charge is 0.347 e. The molecule has 1 rings (SSSR count). The Hall–Kier alpha value is -1.24. The lowest BCUT2D eigenvalue weighted by Gasteiger charge is -2.12. The van der Waals surface area contributed by atoms with E-state index >= 15 is 0 Å². The zero-order valence-electron chi connectivity index (χ0n) is 8.80. The third-order valence-corrected chi connectivity index (χ3v) is 3.22. The highest BCUT2D eigenvalue weighted by atomic mass is 79.9. The lowest BCUT2D eigenvalue weighted by Crippen LogP contribution is -2.26. The van der Waals surface area contributed by atoms with Gasteiger partial charge in [-0.1, -0.05) is 29.3 Å². The summed E-state index contributed by atoms with van der Waals surface area (Å²) < 4.78 is 1.29. The maximum absolute atomic E-state index is 11.4. The highest BCUT2D eigenvalue weighted by Gasteiger charge is 2.12. The molecule has 1 aromatic rings. The van der Waals surface area contributed by atoms with Crippen LogP contribution in [0.1, 0.15) is 13.3 Å². The fourth-order valence-electron chi connectivity index (χ4n) is 1.23. The van der Waals surface area contributed by atoms with E-state index < -0.39 is 10.6 Å². The standard InChI is InChI=1S/C9H12BrN3O3/c1-2-7(3-10)5-12-6-8(13(15)16)4-11-9(12)14/h4,6-7H,2-3,5H2,1H3. The summed E-state index contributed by atoms with van der Waals surface area (Å²) in [5, 5.41) is 11.3. The van der Waals surface area contributed by atoms with Crippen molar-refractivity contribution >= 4 is 21.6 Å². The van der Waals surface area contributed by atoms with Gasteiger partial charge in [0.05, 0.1) is 11.1 Å². The summed E-state index contributed by atoms with van der Waals surface area (Å²) in [6.45, 7) is 2.44. The van der Waals surface area contributed by atoms with Crippen molar-refractivity contribution in [2.45, 2.75) is 19.9 Å². The fraction of sp³-hybridized carbons (Fsp3) is 0.556. The number of halogens is 1. The van der Waals surface area contributed by atoms with Crippen LogP contribution in [0.2, 0.25) is 0 Å². The Morgan fingerprint density at radius 2 is 2.38 bits per heavy atom. The van der Waals surface area contributed by atoms with Crippen LogP contribution in [-0.2, 0) is 6.54 Å². The molecular formula is C9H12BrN3O3. The number of nitrogens with zero attached hydrogens (tertiary/aromatic N) is 3. The van der Waals surface area contributed by atoms with Crippen LogP contribution in [0, 0.1) is 16.0 Å². The summed E-state index contributed by atoms with van der Waals surface area (Å²) >= 11 is 3.34. The van der Waals surface area contributed by atoms with E-state index in [9.17, 15) is 14.9 Å². The van der Waals surface area contributed by atoms with Gasteiger partial charge in [0, 0.05) is 11.9 Å². The summed E-state index contributed by atoms with van der Waals surface area (Å²) in [6.07, 6.45) is 3.11. The summed E-state index contributed by atoms with van der Waals surface area (Å²) in [5.41, 5.74) is -0.617. The van der Waals surface area contributed by atoms with Crippen LogP contribution >= 0.6 is 15.9 Å². The van der Waals surface area contributed by atoms with Gasteiger partial charge in [0.1, 0.15) is 6.20 Å². The molecule has 0 aliphatic rings. The van der Waals surface area contributed by atoms with Gasteiger partial charge in [0.2, 0.25) is 0 Å². The number of rotatable bonds is 5. The van der Waals surface area contributed by atoms with Crippen molar-refractivity contribution < 1.29 is 4.92 Å². The molecule has 1 heterocycles. The van der Waals surface area contributed by atoms with E-state index in [1.165, 1.54) is 10.8 Å². The molecule has 0 saturated heterocycles. The molecule has 0 bridgehead atoms. The van der Waals surface area contributed by atoms with E-state index in [-0.39, 0.29) is 11.6 Å². The Morgan fingerprint density at radius 1 is 1.69 bits per heavy atom. The van der Waals surface area contributed by atoms with Crippen molar-refractivity contribution in [3.63, 3.8) is 0 Å². The molecule has 0 aliphatic heterocycles. The van der Waals surface area contributed by atoms with Crippen molar-refractivity contribution in [3.05, 3.63) is 33.0 Å². The second kappa shape index (κ2) is 5.74. The first-order chi connectivity index (χ1) is 7.58. The van der Waals surface area contributed by atoms with Crippen LogP contribution in [0.15, 0.2) is 17.2 Å². The molecule has 0 radical (unpaired) electrons. The summed E-state index contributed by atoms with van der Waals surface area (Å²) in [4.78, 5) is 24.8. The minimum atomic E-state index is -0.558. The van der Waals surface area contributed by atoms with Gasteiger partial charge in [-0.2, -0.15) is 4.98 Å². The molecule has 1 unspecified atom stereocenters. The molecule has 0 fully saturated rings. The van der Waals surface area contributed by atoms with E-state index in [2.05, 4.69) is 20.9 Å². The Bertz CT molecular complexity index is 428. The van der Waals surface area contributed by atoms with Crippen molar-refractivity contribution in [2.75, 3.05) is 5.33 Å². The minimum Gasteiger partial charge on any atom is -0.292 e. The van der Waals surface area contributed by atoms with Crippen molar-refractivity contribution in [1.82, 2.24) is 9.55 Å². The first-order valence-electron chi connectivity index (χ1n) is 4.85. The van der Waals surface area contributed by atoms with Gasteiger partial charge < -0.3 is 0 Å². The normalized spacial score (nSPS) is 12.4. The van der Waals surface area contributed by atoms with Crippen LogP contribution in [0.5, 0.6) is 0 Å². The SMILES string of the molecule is CCC(CBr)Cn1cc([N+](=O)[O-])cnc1=O. The topological polar surface area (TPSA) is 78.0 Å². The molecule has 0 aliphatic carbocycles. The number of hydrogen-bond acceptors (Lipinski definition) is 4. The van der Waals surface area contributed by atoms with E-state index in [0.717, 1.165) is 17.9 Å². The van der Waals surface area contributed by atoms with Gasteiger partial charge in [-0.05, 0) is 5.92 Å². The quantitative estimate of drug-likeness (QED) is 0.468. The fourth-order valence-corrected chi connectivity index (χ4v) is 1.90. The molecule has 0 N–H and O–H groups in total. The number of nitro groups is 1. The molecule has 16 heavy (non-hydrogen) atoms. The Kier molecular flexibility index (Phi) is 4.60. The average molecular weight is 290 g/mol. The summed E-state index contributed by atoms with van der Waals surface area (Å²) in [6, 6.07) is 0. The van der Waals surface area contributed by atoms with Gasteiger partial charge in [0.15, 0.2) is 0 Å². The van der Waals surface area contributed by atoms with Crippen molar-refractivity contribution in [3.8, 4) is 0 Å². The van der Waals surface area contributed by atoms with Gasteiger partial charge in [-0.3, -0.25) is 14.7 Å². The van der Waals surface area contributed by atoms with Crippen molar-refractivity contribution in [2.24, 2.45) is 5.92 Å². The predicted octanol–water partition coefficient (Wildman–Crippen LogP) is 1.57. The third-order valence-electron chi connectivity index (χ3n) is 2.30. The minimum absolute atomic E-state index is 0.163. The van der Waals surface area contributed by atoms with E-state index in [1.807, 2.05) is 6.92 Å². The van der Waals surface area contributed by atoms with Crippen LogP contribution in [0.25, 0.3) is 0 Å².